The van der Waals surface area contributed by atoms with E-state index in [-0.39, 0.29) is 11.8 Å². The van der Waals surface area contributed by atoms with Gasteiger partial charge in [0.05, 0.1) is 6.54 Å². The van der Waals surface area contributed by atoms with Gasteiger partial charge in [-0.05, 0) is 31.7 Å². The lowest BCUT2D eigenvalue weighted by atomic mass is 10.0. The Bertz CT molecular complexity index is 277. The highest BCUT2D eigenvalue weighted by Crippen LogP contribution is 2.24. The Labute approximate surface area is 104 Å². The van der Waals surface area contributed by atoms with Crippen LogP contribution in [0.2, 0.25) is 0 Å². The van der Waals surface area contributed by atoms with E-state index in [9.17, 15) is 9.59 Å². The van der Waals surface area contributed by atoms with E-state index in [0.717, 1.165) is 38.8 Å². The third-order valence-corrected chi connectivity index (χ3v) is 3.23. The van der Waals surface area contributed by atoms with E-state index in [1.165, 1.54) is 0 Å². The van der Waals surface area contributed by atoms with Gasteiger partial charge < -0.3 is 5.73 Å². The Kier molecular flexibility index (Phi) is 5.62. The van der Waals surface area contributed by atoms with Crippen molar-refractivity contribution in [1.29, 1.82) is 0 Å². The van der Waals surface area contributed by atoms with Crippen LogP contribution in [0.3, 0.4) is 0 Å². The van der Waals surface area contributed by atoms with Crippen LogP contribution in [0.5, 0.6) is 0 Å². The first-order chi connectivity index (χ1) is 7.99. The van der Waals surface area contributed by atoms with Gasteiger partial charge in [0, 0.05) is 18.9 Å². The van der Waals surface area contributed by atoms with Crippen LogP contribution < -0.4 is 5.73 Å². The van der Waals surface area contributed by atoms with Crippen molar-refractivity contribution in [3.63, 3.8) is 0 Å². The molecular formula is C13H24N2O2. The van der Waals surface area contributed by atoms with Gasteiger partial charge in [-0.1, -0.05) is 13.8 Å². The molecule has 0 bridgehead atoms. The summed E-state index contributed by atoms with van der Waals surface area (Å²) in [6, 6.07) is 0. The van der Waals surface area contributed by atoms with Crippen molar-refractivity contribution in [3.8, 4) is 0 Å². The van der Waals surface area contributed by atoms with Crippen LogP contribution >= 0.6 is 0 Å². The summed E-state index contributed by atoms with van der Waals surface area (Å²) in [4.78, 5) is 24.6. The zero-order valence-electron chi connectivity index (χ0n) is 10.9. The standard InChI is InChI=1S/C13H24N2O2/c1-10(2)8-15(9-13(14)17)7-6-11-4-3-5-12(11)16/h10-11H,3-9H2,1-2H3,(H2,14,17). The zero-order valence-corrected chi connectivity index (χ0v) is 10.9. The Hall–Kier alpha value is -0.900. The normalized spacial score (nSPS) is 20.5. The van der Waals surface area contributed by atoms with E-state index in [0.29, 0.717) is 18.2 Å². The molecule has 1 amide bonds. The number of amides is 1. The third-order valence-electron chi connectivity index (χ3n) is 3.23. The molecule has 1 atom stereocenters. The molecule has 1 saturated carbocycles. The number of carbonyl (C=O) groups excluding carboxylic acids is 2. The number of hydrogen-bond acceptors (Lipinski definition) is 3. The number of primary amides is 1. The summed E-state index contributed by atoms with van der Waals surface area (Å²) in [5.74, 6) is 0.836. The van der Waals surface area contributed by atoms with Gasteiger partial charge in [0.1, 0.15) is 5.78 Å². The number of Topliss-reactive ketones (excluding diaryl/α,β-unsaturated/α-hetero) is 1. The lowest BCUT2D eigenvalue weighted by Gasteiger charge is -2.23. The maximum Gasteiger partial charge on any atom is 0.231 e. The molecule has 0 radical (unpaired) electrons. The molecule has 2 N–H and O–H groups in total. The van der Waals surface area contributed by atoms with Gasteiger partial charge in [-0.2, -0.15) is 0 Å². The first kappa shape index (κ1) is 14.2. The molecule has 0 spiro atoms. The summed E-state index contributed by atoms with van der Waals surface area (Å²) in [6.07, 6.45) is 3.66. The average Bonchev–Trinajstić information content (AvgIpc) is 2.59. The number of nitrogens with two attached hydrogens (primary N) is 1. The van der Waals surface area contributed by atoms with Gasteiger partial charge in [-0.3, -0.25) is 14.5 Å². The van der Waals surface area contributed by atoms with Crippen LogP contribution in [0, 0.1) is 11.8 Å². The predicted octanol–water partition coefficient (Wildman–Crippen LogP) is 1.19. The Balaban J connectivity index is 2.36. The van der Waals surface area contributed by atoms with Gasteiger partial charge in [0.2, 0.25) is 5.91 Å². The summed E-state index contributed by atoms with van der Waals surface area (Å²) < 4.78 is 0. The first-order valence-corrected chi connectivity index (χ1v) is 6.52. The van der Waals surface area contributed by atoms with Gasteiger partial charge in [-0.25, -0.2) is 0 Å². The van der Waals surface area contributed by atoms with E-state index in [1.807, 2.05) is 0 Å². The molecule has 17 heavy (non-hydrogen) atoms. The second kappa shape index (κ2) is 6.74. The lowest BCUT2D eigenvalue weighted by molar-refractivity contribution is -0.120. The van der Waals surface area contributed by atoms with E-state index in [1.54, 1.807) is 0 Å². The van der Waals surface area contributed by atoms with Crippen LogP contribution in [0.4, 0.5) is 0 Å². The topological polar surface area (TPSA) is 63.4 Å². The minimum Gasteiger partial charge on any atom is -0.369 e. The van der Waals surface area contributed by atoms with Crippen LogP contribution in [0.1, 0.15) is 39.5 Å². The molecule has 1 fully saturated rings. The summed E-state index contributed by atoms with van der Waals surface area (Å²) in [6.45, 7) is 6.21. The molecule has 0 aromatic carbocycles. The molecule has 0 heterocycles. The fraction of sp³-hybridized carbons (Fsp3) is 0.846. The highest BCUT2D eigenvalue weighted by molar-refractivity contribution is 5.82. The van der Waals surface area contributed by atoms with Crippen molar-refractivity contribution < 1.29 is 9.59 Å². The van der Waals surface area contributed by atoms with Crippen LogP contribution in [-0.2, 0) is 9.59 Å². The Morgan fingerprint density at radius 2 is 2.24 bits per heavy atom. The molecule has 0 aromatic rings. The molecule has 4 nitrogen and oxygen atoms in total. The van der Waals surface area contributed by atoms with Crippen LogP contribution in [-0.4, -0.2) is 36.2 Å². The number of ketones is 1. The summed E-state index contributed by atoms with van der Waals surface area (Å²) in [5.41, 5.74) is 5.23. The molecule has 4 heteroatoms. The van der Waals surface area contributed by atoms with Crippen LogP contribution in [0.25, 0.3) is 0 Å². The smallest absolute Gasteiger partial charge is 0.231 e. The van der Waals surface area contributed by atoms with Crippen molar-refractivity contribution in [2.75, 3.05) is 19.6 Å². The minimum absolute atomic E-state index is 0.220. The molecule has 98 valence electrons. The monoisotopic (exact) mass is 240 g/mol. The maximum absolute atomic E-state index is 11.5. The Morgan fingerprint density at radius 1 is 1.53 bits per heavy atom. The highest BCUT2D eigenvalue weighted by Gasteiger charge is 2.24. The second-order valence-corrected chi connectivity index (χ2v) is 5.44. The molecule has 1 aliphatic carbocycles. The molecule has 1 aliphatic rings. The number of carbonyl (C=O) groups is 2. The number of nitrogens with zero attached hydrogens (tertiary/aromatic N) is 1. The van der Waals surface area contributed by atoms with E-state index in [2.05, 4.69) is 18.7 Å². The van der Waals surface area contributed by atoms with Gasteiger partial charge in [0.15, 0.2) is 0 Å². The molecule has 1 unspecified atom stereocenters. The molecule has 0 aliphatic heterocycles. The van der Waals surface area contributed by atoms with Gasteiger partial charge in [-0.15, -0.1) is 0 Å². The summed E-state index contributed by atoms with van der Waals surface area (Å²) in [7, 11) is 0. The molecule has 0 aromatic heterocycles. The fourth-order valence-electron chi connectivity index (χ4n) is 2.50. The zero-order chi connectivity index (χ0) is 12.8. The quantitative estimate of drug-likeness (QED) is 0.727. The van der Waals surface area contributed by atoms with Crippen LogP contribution in [0.15, 0.2) is 0 Å². The second-order valence-electron chi connectivity index (χ2n) is 5.44. The first-order valence-electron chi connectivity index (χ1n) is 6.52. The van der Waals surface area contributed by atoms with Crippen molar-refractivity contribution in [2.45, 2.75) is 39.5 Å². The van der Waals surface area contributed by atoms with Crippen molar-refractivity contribution in [2.24, 2.45) is 17.6 Å². The summed E-state index contributed by atoms with van der Waals surface area (Å²) in [5, 5.41) is 0. The highest BCUT2D eigenvalue weighted by atomic mass is 16.1. The van der Waals surface area contributed by atoms with E-state index >= 15 is 0 Å². The minimum atomic E-state index is -0.289. The lowest BCUT2D eigenvalue weighted by Crippen LogP contribution is -2.37. The van der Waals surface area contributed by atoms with Crippen molar-refractivity contribution in [3.05, 3.63) is 0 Å². The predicted molar refractivity (Wildman–Crippen MR) is 67.4 cm³/mol. The SMILES string of the molecule is CC(C)CN(CCC1CCCC1=O)CC(N)=O. The number of hydrogen-bond donors (Lipinski definition) is 1. The van der Waals surface area contributed by atoms with Gasteiger partial charge >= 0.3 is 0 Å². The van der Waals surface area contributed by atoms with Crippen molar-refractivity contribution >= 4 is 11.7 Å². The third kappa shape index (κ3) is 5.31. The average molecular weight is 240 g/mol. The molecule has 1 rings (SSSR count). The summed E-state index contributed by atoms with van der Waals surface area (Å²) >= 11 is 0. The van der Waals surface area contributed by atoms with E-state index in [4.69, 9.17) is 5.73 Å². The Morgan fingerprint density at radius 3 is 2.71 bits per heavy atom. The molecule has 0 saturated heterocycles. The molecular weight excluding hydrogens is 216 g/mol. The maximum atomic E-state index is 11.5. The largest absolute Gasteiger partial charge is 0.369 e. The van der Waals surface area contributed by atoms with E-state index < -0.39 is 0 Å². The van der Waals surface area contributed by atoms with Crippen molar-refractivity contribution in [1.82, 2.24) is 4.90 Å². The fourth-order valence-corrected chi connectivity index (χ4v) is 2.50. The number of rotatable bonds is 7. The van der Waals surface area contributed by atoms with Gasteiger partial charge in [0.25, 0.3) is 0 Å².